The first kappa shape index (κ1) is 15.7. The van der Waals surface area contributed by atoms with Crippen molar-refractivity contribution in [1.82, 2.24) is 10.2 Å². The van der Waals surface area contributed by atoms with Crippen LogP contribution in [0.15, 0.2) is 24.3 Å². The Balaban J connectivity index is 1.89. The maximum Gasteiger partial charge on any atom is 0.335 e. The number of carboxylic acids is 1. The average Bonchev–Trinajstić information content (AvgIpc) is 2.53. The van der Waals surface area contributed by atoms with E-state index in [-0.39, 0.29) is 11.6 Å². The van der Waals surface area contributed by atoms with E-state index in [2.05, 4.69) is 12.2 Å². The molecule has 1 aliphatic rings. The van der Waals surface area contributed by atoms with E-state index in [1.165, 1.54) is 0 Å². The molecular formula is C15H20N2O3S. The molecule has 2 N–H and O–H groups in total. The van der Waals surface area contributed by atoms with Crippen molar-refractivity contribution in [2.45, 2.75) is 25.1 Å². The third kappa shape index (κ3) is 4.39. The molecule has 1 saturated heterocycles. The van der Waals surface area contributed by atoms with Gasteiger partial charge in [0.1, 0.15) is 0 Å². The van der Waals surface area contributed by atoms with Crippen LogP contribution < -0.4 is 5.32 Å². The second kappa shape index (κ2) is 7.36. The molecule has 5 nitrogen and oxygen atoms in total. The second-order valence-electron chi connectivity index (χ2n) is 5.01. The topological polar surface area (TPSA) is 69.6 Å². The summed E-state index contributed by atoms with van der Waals surface area (Å²) in [6, 6.07) is 6.56. The van der Waals surface area contributed by atoms with Gasteiger partial charge in [0.2, 0.25) is 0 Å². The van der Waals surface area contributed by atoms with E-state index in [4.69, 9.17) is 5.11 Å². The molecule has 1 atom stereocenters. The number of carboxylic acid groups (broad SMARTS) is 1. The molecule has 2 amide bonds. The molecule has 0 spiro atoms. The summed E-state index contributed by atoms with van der Waals surface area (Å²) >= 11 is 1.92. The van der Waals surface area contributed by atoms with E-state index < -0.39 is 5.97 Å². The van der Waals surface area contributed by atoms with Gasteiger partial charge in [0.25, 0.3) is 0 Å². The molecule has 1 aromatic rings. The maximum absolute atomic E-state index is 12.1. The first-order valence-corrected chi connectivity index (χ1v) is 8.11. The lowest BCUT2D eigenvalue weighted by Crippen LogP contribution is -2.46. The van der Waals surface area contributed by atoms with Crippen molar-refractivity contribution >= 4 is 23.8 Å². The highest BCUT2D eigenvalue weighted by Gasteiger charge is 2.22. The number of aromatic carboxylic acids is 1. The number of nitrogens with one attached hydrogen (secondary N) is 1. The Morgan fingerprint density at radius 3 is 3.00 bits per heavy atom. The van der Waals surface area contributed by atoms with Gasteiger partial charge in [0.15, 0.2) is 0 Å². The van der Waals surface area contributed by atoms with E-state index in [1.54, 1.807) is 18.2 Å². The Kier molecular flexibility index (Phi) is 5.50. The van der Waals surface area contributed by atoms with Crippen LogP contribution in [0.1, 0.15) is 29.3 Å². The summed E-state index contributed by atoms with van der Waals surface area (Å²) in [5, 5.41) is 12.3. The Bertz CT molecular complexity index is 521. The van der Waals surface area contributed by atoms with Gasteiger partial charge in [0, 0.05) is 30.6 Å². The van der Waals surface area contributed by atoms with Gasteiger partial charge in [-0.3, -0.25) is 0 Å². The maximum atomic E-state index is 12.1. The third-order valence-electron chi connectivity index (χ3n) is 3.50. The summed E-state index contributed by atoms with van der Waals surface area (Å²) < 4.78 is 0. The summed E-state index contributed by atoms with van der Waals surface area (Å²) in [4.78, 5) is 24.9. The fraction of sp³-hybridized carbons (Fsp3) is 0.467. The van der Waals surface area contributed by atoms with E-state index >= 15 is 0 Å². The minimum Gasteiger partial charge on any atom is -0.478 e. The highest BCUT2D eigenvalue weighted by molar-refractivity contribution is 8.00. The fourth-order valence-electron chi connectivity index (χ4n) is 2.25. The van der Waals surface area contributed by atoms with E-state index in [0.717, 1.165) is 30.8 Å². The number of carbonyl (C=O) groups is 2. The highest BCUT2D eigenvalue weighted by Crippen LogP contribution is 2.21. The van der Waals surface area contributed by atoms with Crippen LogP contribution in [0, 0.1) is 0 Å². The minimum absolute atomic E-state index is 0.0746. The second-order valence-corrected chi connectivity index (χ2v) is 6.42. The zero-order chi connectivity index (χ0) is 15.2. The zero-order valence-electron chi connectivity index (χ0n) is 12.0. The molecule has 1 fully saturated rings. The van der Waals surface area contributed by atoms with Gasteiger partial charge in [0.05, 0.1) is 5.56 Å². The number of rotatable bonds is 4. The van der Waals surface area contributed by atoms with E-state index in [1.807, 2.05) is 22.7 Å². The molecule has 114 valence electrons. The number of hydrogen-bond donors (Lipinski definition) is 2. The molecule has 1 unspecified atom stereocenters. The number of nitrogens with zero attached hydrogens (tertiary/aromatic N) is 1. The zero-order valence-corrected chi connectivity index (χ0v) is 12.9. The standard InChI is InChI=1S/C15H20N2O3S/c1-2-13-10-17(6-7-21-13)15(20)16-9-11-4-3-5-12(8-11)14(18)19/h3-5,8,13H,2,6-7,9-10H2,1H3,(H,16,20)(H,18,19). The van der Waals surface area contributed by atoms with Gasteiger partial charge in [-0.05, 0) is 24.1 Å². The van der Waals surface area contributed by atoms with Crippen LogP contribution in [-0.4, -0.2) is 46.1 Å². The van der Waals surface area contributed by atoms with Crippen LogP contribution in [0.25, 0.3) is 0 Å². The van der Waals surface area contributed by atoms with Gasteiger partial charge < -0.3 is 15.3 Å². The molecule has 0 bridgehead atoms. The summed E-state index contributed by atoms with van der Waals surface area (Å²) in [6.07, 6.45) is 1.06. The number of benzene rings is 1. The predicted molar refractivity (Wildman–Crippen MR) is 83.7 cm³/mol. The Morgan fingerprint density at radius 2 is 2.29 bits per heavy atom. The van der Waals surface area contributed by atoms with E-state index in [9.17, 15) is 9.59 Å². The van der Waals surface area contributed by atoms with E-state index in [0.29, 0.717) is 11.8 Å². The first-order valence-electron chi connectivity index (χ1n) is 7.06. The van der Waals surface area contributed by atoms with Crippen LogP contribution in [0.3, 0.4) is 0 Å². The molecule has 1 heterocycles. The molecular weight excluding hydrogens is 288 g/mol. The van der Waals surface area contributed by atoms with Gasteiger partial charge in [-0.15, -0.1) is 0 Å². The van der Waals surface area contributed by atoms with Gasteiger partial charge in [-0.1, -0.05) is 19.1 Å². The number of urea groups is 1. The molecule has 0 aliphatic carbocycles. The quantitative estimate of drug-likeness (QED) is 0.896. The molecule has 0 saturated carbocycles. The Morgan fingerprint density at radius 1 is 1.48 bits per heavy atom. The van der Waals surface area contributed by atoms with Crippen LogP contribution in [-0.2, 0) is 6.54 Å². The van der Waals surface area contributed by atoms with Gasteiger partial charge in [-0.25, -0.2) is 9.59 Å². The van der Waals surface area contributed by atoms with Gasteiger partial charge >= 0.3 is 12.0 Å². The summed E-state index contributed by atoms with van der Waals surface area (Å²) in [6.45, 7) is 4.03. The first-order chi connectivity index (χ1) is 10.1. The average molecular weight is 308 g/mol. The van der Waals surface area contributed by atoms with Crippen molar-refractivity contribution in [2.75, 3.05) is 18.8 Å². The number of carbonyl (C=O) groups excluding carboxylic acids is 1. The Hall–Kier alpha value is -1.69. The molecule has 1 aromatic carbocycles. The number of hydrogen-bond acceptors (Lipinski definition) is 3. The molecule has 0 radical (unpaired) electrons. The van der Waals surface area contributed by atoms with Crippen molar-refractivity contribution in [3.63, 3.8) is 0 Å². The molecule has 21 heavy (non-hydrogen) atoms. The summed E-state index contributed by atoms with van der Waals surface area (Å²) in [7, 11) is 0. The SMILES string of the molecule is CCC1CN(C(=O)NCc2cccc(C(=O)O)c2)CCS1. The monoisotopic (exact) mass is 308 g/mol. The van der Waals surface area contributed by atoms with Crippen molar-refractivity contribution in [3.8, 4) is 0 Å². The van der Waals surface area contributed by atoms with Crippen LogP contribution >= 0.6 is 11.8 Å². The van der Waals surface area contributed by atoms with Crippen molar-refractivity contribution < 1.29 is 14.7 Å². The fourth-order valence-corrected chi connectivity index (χ4v) is 3.43. The number of thioether (sulfide) groups is 1. The number of amides is 2. The lowest BCUT2D eigenvalue weighted by atomic mass is 10.1. The van der Waals surface area contributed by atoms with Gasteiger partial charge in [-0.2, -0.15) is 11.8 Å². The molecule has 0 aromatic heterocycles. The summed E-state index contributed by atoms with van der Waals surface area (Å²) in [5.74, 6) is 0.0162. The van der Waals surface area contributed by atoms with Crippen LogP contribution in [0.4, 0.5) is 4.79 Å². The van der Waals surface area contributed by atoms with Crippen molar-refractivity contribution in [2.24, 2.45) is 0 Å². The Labute approximate surface area is 128 Å². The minimum atomic E-state index is -0.956. The lowest BCUT2D eigenvalue weighted by Gasteiger charge is -2.31. The predicted octanol–water partition coefficient (Wildman–Crippen LogP) is 2.42. The third-order valence-corrected chi connectivity index (χ3v) is 4.87. The molecule has 1 aliphatic heterocycles. The van der Waals surface area contributed by atoms with Crippen molar-refractivity contribution in [1.29, 1.82) is 0 Å². The van der Waals surface area contributed by atoms with Crippen molar-refractivity contribution in [3.05, 3.63) is 35.4 Å². The highest BCUT2D eigenvalue weighted by atomic mass is 32.2. The summed E-state index contributed by atoms with van der Waals surface area (Å²) in [5.41, 5.74) is 1.03. The van der Waals surface area contributed by atoms with Crippen LogP contribution in [0.2, 0.25) is 0 Å². The normalized spacial score (nSPS) is 18.3. The lowest BCUT2D eigenvalue weighted by molar-refractivity contribution is 0.0696. The van der Waals surface area contributed by atoms with Crippen LogP contribution in [0.5, 0.6) is 0 Å². The molecule has 2 rings (SSSR count). The molecule has 6 heteroatoms. The smallest absolute Gasteiger partial charge is 0.335 e. The largest absolute Gasteiger partial charge is 0.478 e.